The molecule has 0 saturated heterocycles. The second-order valence-corrected chi connectivity index (χ2v) is 11.9. The smallest absolute Gasteiger partial charge is 0.250 e. The van der Waals surface area contributed by atoms with Gasteiger partial charge in [0.25, 0.3) is 10.0 Å². The standard InChI is InChI=1S/C19H23ClN6O2S2/c1-10-7-11(10)13-8-15(25-24-13)22-17-12(20)9-21-18(23-17)14-5-6-16(29-14)30(27,28)26-19(2,3)4/h5-6,8-11,26H,7H2,1-4H3,(H2,21,22,23,24,25)/t10-,11-/m1/s1. The van der Waals surface area contributed by atoms with Crippen molar-refractivity contribution in [1.29, 1.82) is 0 Å². The lowest BCUT2D eigenvalue weighted by atomic mass is 10.1. The molecular formula is C19H23ClN6O2S2. The molecule has 3 aromatic rings. The highest BCUT2D eigenvalue weighted by molar-refractivity contribution is 7.91. The van der Waals surface area contributed by atoms with Gasteiger partial charge in [-0.25, -0.2) is 23.1 Å². The van der Waals surface area contributed by atoms with Crippen molar-refractivity contribution < 1.29 is 8.42 Å². The van der Waals surface area contributed by atoms with Gasteiger partial charge in [-0.05, 0) is 45.2 Å². The number of aromatic amines is 1. The number of rotatable bonds is 6. The van der Waals surface area contributed by atoms with Gasteiger partial charge in [-0.3, -0.25) is 5.10 Å². The fourth-order valence-corrected chi connectivity index (χ4v) is 5.88. The van der Waals surface area contributed by atoms with Gasteiger partial charge >= 0.3 is 0 Å². The first kappa shape index (κ1) is 21.2. The van der Waals surface area contributed by atoms with E-state index in [1.807, 2.05) is 6.07 Å². The zero-order valence-corrected chi connectivity index (χ0v) is 19.4. The van der Waals surface area contributed by atoms with Crippen molar-refractivity contribution >= 4 is 44.6 Å². The van der Waals surface area contributed by atoms with E-state index in [4.69, 9.17) is 11.6 Å². The van der Waals surface area contributed by atoms with E-state index in [9.17, 15) is 8.42 Å². The predicted molar refractivity (Wildman–Crippen MR) is 119 cm³/mol. The molecule has 0 unspecified atom stereocenters. The van der Waals surface area contributed by atoms with E-state index in [1.54, 1.807) is 32.9 Å². The molecule has 8 nitrogen and oxygen atoms in total. The average molecular weight is 467 g/mol. The first-order valence-electron chi connectivity index (χ1n) is 9.51. The second-order valence-electron chi connectivity index (χ2n) is 8.52. The molecule has 1 aliphatic rings. The van der Waals surface area contributed by atoms with Crippen LogP contribution in [0.15, 0.2) is 28.6 Å². The Labute approximate surface area is 184 Å². The number of halogens is 1. The molecule has 3 aromatic heterocycles. The molecule has 4 rings (SSSR count). The van der Waals surface area contributed by atoms with Crippen LogP contribution in [0.2, 0.25) is 5.02 Å². The quantitative estimate of drug-likeness (QED) is 0.492. The number of nitrogens with one attached hydrogen (secondary N) is 3. The number of hydrogen-bond acceptors (Lipinski definition) is 7. The Morgan fingerprint density at radius 3 is 2.70 bits per heavy atom. The van der Waals surface area contributed by atoms with Crippen LogP contribution in [0.3, 0.4) is 0 Å². The largest absolute Gasteiger partial charge is 0.322 e. The molecule has 3 heterocycles. The predicted octanol–water partition coefficient (Wildman–Crippen LogP) is 4.53. The second kappa shape index (κ2) is 7.60. The SMILES string of the molecule is C[C@@H]1C[C@H]1c1cc(Nc2nc(-c3ccc(S(=O)(=O)NC(C)(C)C)s3)ncc2Cl)n[nH]1. The zero-order chi connectivity index (χ0) is 21.7. The minimum Gasteiger partial charge on any atom is -0.322 e. The molecule has 0 radical (unpaired) electrons. The van der Waals surface area contributed by atoms with Crippen molar-refractivity contribution in [2.24, 2.45) is 5.92 Å². The summed E-state index contributed by atoms with van der Waals surface area (Å²) < 4.78 is 28.0. The Morgan fingerprint density at radius 2 is 2.03 bits per heavy atom. The van der Waals surface area contributed by atoms with Gasteiger partial charge in [0.1, 0.15) is 9.23 Å². The molecule has 0 amide bonds. The number of hydrogen-bond donors (Lipinski definition) is 3. The number of nitrogens with zero attached hydrogens (tertiary/aromatic N) is 3. The summed E-state index contributed by atoms with van der Waals surface area (Å²) in [6.45, 7) is 7.59. The van der Waals surface area contributed by atoms with Crippen LogP contribution >= 0.6 is 22.9 Å². The third-order valence-corrected chi connectivity index (χ3v) is 8.21. The molecule has 1 fully saturated rings. The van der Waals surface area contributed by atoms with Crippen LogP contribution in [0.4, 0.5) is 11.6 Å². The van der Waals surface area contributed by atoms with Crippen LogP contribution in [0.1, 0.15) is 45.7 Å². The maximum absolute atomic E-state index is 12.6. The number of sulfonamides is 1. The molecule has 1 saturated carbocycles. The Bertz CT molecular complexity index is 1180. The van der Waals surface area contributed by atoms with Crippen LogP contribution in [-0.2, 0) is 10.0 Å². The van der Waals surface area contributed by atoms with Gasteiger partial charge in [-0.15, -0.1) is 11.3 Å². The zero-order valence-electron chi connectivity index (χ0n) is 17.0. The average Bonchev–Trinajstić information content (AvgIpc) is 3.04. The summed E-state index contributed by atoms with van der Waals surface area (Å²) in [6.07, 6.45) is 2.65. The number of thiophene rings is 1. The van der Waals surface area contributed by atoms with Crippen LogP contribution in [-0.4, -0.2) is 34.1 Å². The van der Waals surface area contributed by atoms with Crippen molar-refractivity contribution in [3.63, 3.8) is 0 Å². The molecule has 160 valence electrons. The molecule has 2 atom stereocenters. The molecule has 3 N–H and O–H groups in total. The first-order chi connectivity index (χ1) is 14.0. The maximum Gasteiger partial charge on any atom is 0.250 e. The van der Waals surface area contributed by atoms with E-state index >= 15 is 0 Å². The molecule has 0 aromatic carbocycles. The topological polar surface area (TPSA) is 113 Å². The van der Waals surface area contributed by atoms with Crippen LogP contribution in [0.5, 0.6) is 0 Å². The van der Waals surface area contributed by atoms with E-state index in [2.05, 4.69) is 37.1 Å². The highest BCUT2D eigenvalue weighted by Gasteiger charge is 2.35. The Morgan fingerprint density at radius 1 is 1.30 bits per heavy atom. The van der Waals surface area contributed by atoms with Gasteiger partial charge in [0, 0.05) is 23.2 Å². The summed E-state index contributed by atoms with van der Waals surface area (Å²) in [5.74, 6) is 2.62. The summed E-state index contributed by atoms with van der Waals surface area (Å²) in [5.41, 5.74) is 0.521. The monoisotopic (exact) mass is 466 g/mol. The first-order valence-corrected chi connectivity index (χ1v) is 12.2. The number of aromatic nitrogens is 4. The van der Waals surface area contributed by atoms with E-state index in [0.29, 0.717) is 39.2 Å². The lowest BCUT2D eigenvalue weighted by molar-refractivity contribution is 0.492. The molecule has 1 aliphatic carbocycles. The normalized spacial score (nSPS) is 19.1. The summed E-state index contributed by atoms with van der Waals surface area (Å²) in [7, 11) is -3.62. The van der Waals surface area contributed by atoms with Gasteiger partial charge < -0.3 is 5.32 Å². The van der Waals surface area contributed by atoms with Crippen LogP contribution in [0, 0.1) is 5.92 Å². The van der Waals surface area contributed by atoms with Gasteiger partial charge in [0.15, 0.2) is 17.5 Å². The fourth-order valence-electron chi connectivity index (χ4n) is 3.08. The molecule has 30 heavy (non-hydrogen) atoms. The van der Waals surface area contributed by atoms with Crippen molar-refractivity contribution in [2.45, 2.75) is 49.8 Å². The minimum atomic E-state index is -3.62. The number of H-pyrrole nitrogens is 1. The van der Waals surface area contributed by atoms with Gasteiger partial charge in [0.2, 0.25) is 0 Å². The highest BCUT2D eigenvalue weighted by Crippen LogP contribution is 2.46. The summed E-state index contributed by atoms with van der Waals surface area (Å²) in [6, 6.07) is 5.20. The maximum atomic E-state index is 12.6. The molecule has 11 heteroatoms. The van der Waals surface area contributed by atoms with E-state index < -0.39 is 15.6 Å². The van der Waals surface area contributed by atoms with Crippen molar-refractivity contribution in [3.05, 3.63) is 35.1 Å². The number of anilines is 2. The molecule has 0 bridgehead atoms. The van der Waals surface area contributed by atoms with Crippen LogP contribution < -0.4 is 10.0 Å². The Balaban J connectivity index is 1.56. The Hall–Kier alpha value is -2.01. The van der Waals surface area contributed by atoms with Crippen molar-refractivity contribution in [2.75, 3.05) is 5.32 Å². The lowest BCUT2D eigenvalue weighted by Gasteiger charge is -2.19. The van der Waals surface area contributed by atoms with Crippen LogP contribution in [0.25, 0.3) is 10.7 Å². The minimum absolute atomic E-state index is 0.205. The van der Waals surface area contributed by atoms with Gasteiger partial charge in [-0.1, -0.05) is 18.5 Å². The van der Waals surface area contributed by atoms with E-state index in [1.165, 1.54) is 6.20 Å². The summed E-state index contributed by atoms with van der Waals surface area (Å²) in [4.78, 5) is 9.36. The third kappa shape index (κ3) is 4.66. The third-order valence-electron chi connectivity index (χ3n) is 4.60. The fraction of sp³-hybridized carbons (Fsp3) is 0.421. The van der Waals surface area contributed by atoms with Crippen molar-refractivity contribution in [1.82, 2.24) is 24.9 Å². The summed E-state index contributed by atoms with van der Waals surface area (Å²) in [5, 5.41) is 10.8. The summed E-state index contributed by atoms with van der Waals surface area (Å²) >= 11 is 7.36. The van der Waals surface area contributed by atoms with Gasteiger partial charge in [0.05, 0.1) is 11.1 Å². The highest BCUT2D eigenvalue weighted by atomic mass is 35.5. The van der Waals surface area contributed by atoms with Crippen molar-refractivity contribution in [3.8, 4) is 10.7 Å². The van der Waals surface area contributed by atoms with Gasteiger partial charge in [-0.2, -0.15) is 5.10 Å². The van der Waals surface area contributed by atoms with E-state index in [0.717, 1.165) is 23.5 Å². The molecular weight excluding hydrogens is 444 g/mol. The lowest BCUT2D eigenvalue weighted by Crippen LogP contribution is -2.40. The Kier molecular flexibility index (Phi) is 5.38. The molecule has 0 spiro atoms. The van der Waals surface area contributed by atoms with E-state index in [-0.39, 0.29) is 4.21 Å². The molecule has 0 aliphatic heterocycles.